The van der Waals surface area contributed by atoms with Gasteiger partial charge in [0.05, 0.1) is 0 Å². The fourth-order valence-corrected chi connectivity index (χ4v) is 1.63. The number of hydrogen-bond acceptors (Lipinski definition) is 3. The van der Waals surface area contributed by atoms with Gasteiger partial charge in [-0.25, -0.2) is 0 Å². The Morgan fingerprint density at radius 1 is 1.38 bits per heavy atom. The first-order valence-corrected chi connectivity index (χ1v) is 5.11. The van der Waals surface area contributed by atoms with E-state index in [0.29, 0.717) is 5.75 Å². The number of nitrogens with two attached hydrogens (primary N) is 1. The monoisotopic (exact) mass is 217 g/mol. The Bertz CT molecular complexity index is 142. The molecule has 0 spiro atoms. The van der Waals surface area contributed by atoms with Crippen LogP contribution in [0.5, 0.6) is 0 Å². The highest BCUT2D eigenvalue weighted by Gasteiger charge is 2.37. The molecule has 0 saturated carbocycles. The van der Waals surface area contributed by atoms with Gasteiger partial charge in [-0.05, 0) is 6.42 Å². The third-order valence-corrected chi connectivity index (χ3v) is 2.73. The van der Waals surface area contributed by atoms with Crippen molar-refractivity contribution in [3.8, 4) is 0 Å². The molecule has 0 aliphatic carbocycles. The van der Waals surface area contributed by atoms with Gasteiger partial charge in [-0.3, -0.25) is 0 Å². The van der Waals surface area contributed by atoms with Crippen LogP contribution in [-0.4, -0.2) is 34.9 Å². The van der Waals surface area contributed by atoms with Crippen LogP contribution in [-0.2, 0) is 0 Å². The third-order valence-electron chi connectivity index (χ3n) is 1.51. The molecule has 0 aromatic heterocycles. The lowest BCUT2D eigenvalue weighted by Gasteiger charge is -2.15. The summed E-state index contributed by atoms with van der Waals surface area (Å²) in [6.45, 7) is 1.87. The summed E-state index contributed by atoms with van der Waals surface area (Å²) >= 11 is 1.03. The number of thioether (sulfide) groups is 1. The lowest BCUT2D eigenvalue weighted by Crippen LogP contribution is -2.31. The van der Waals surface area contributed by atoms with E-state index in [2.05, 4.69) is 0 Å². The highest BCUT2D eigenvalue weighted by Crippen LogP contribution is 2.23. The van der Waals surface area contributed by atoms with Crippen molar-refractivity contribution in [1.82, 2.24) is 0 Å². The first kappa shape index (κ1) is 13.1. The van der Waals surface area contributed by atoms with Gasteiger partial charge in [0.2, 0.25) is 0 Å². The summed E-state index contributed by atoms with van der Waals surface area (Å²) in [6, 6.07) is -0.0922. The summed E-state index contributed by atoms with van der Waals surface area (Å²) in [5.74, 6) is 0.112. The minimum Gasteiger partial charge on any atom is -0.383 e. The van der Waals surface area contributed by atoms with Gasteiger partial charge in [-0.2, -0.15) is 24.9 Å². The molecular weight excluding hydrogens is 203 g/mol. The highest BCUT2D eigenvalue weighted by molar-refractivity contribution is 7.99. The molecular formula is C7H14F3NOS. The minimum atomic E-state index is -4.51. The summed E-state index contributed by atoms with van der Waals surface area (Å²) in [4.78, 5) is 0. The summed E-state index contributed by atoms with van der Waals surface area (Å²) < 4.78 is 35.3. The molecule has 2 atom stereocenters. The van der Waals surface area contributed by atoms with Crippen molar-refractivity contribution in [3.63, 3.8) is 0 Å². The Kier molecular flexibility index (Phi) is 5.75. The number of aliphatic hydroxyl groups excluding tert-OH is 1. The SMILES string of the molecule is CCC(N)CSCC(O)C(F)(F)F. The molecule has 2 unspecified atom stereocenters. The Balaban J connectivity index is 3.54. The molecule has 0 amide bonds. The van der Waals surface area contributed by atoms with Crippen LogP contribution < -0.4 is 5.73 Å². The van der Waals surface area contributed by atoms with Crippen molar-refractivity contribution >= 4 is 11.8 Å². The zero-order valence-corrected chi connectivity index (χ0v) is 8.16. The molecule has 0 aliphatic heterocycles. The number of halogens is 3. The first-order valence-electron chi connectivity index (χ1n) is 3.96. The summed E-state index contributed by atoms with van der Waals surface area (Å²) in [5, 5.41) is 8.58. The molecule has 0 heterocycles. The van der Waals surface area contributed by atoms with Crippen molar-refractivity contribution in [1.29, 1.82) is 0 Å². The van der Waals surface area contributed by atoms with Crippen LogP contribution in [0.4, 0.5) is 13.2 Å². The predicted octanol–water partition coefficient (Wildman–Crippen LogP) is 1.38. The van der Waals surface area contributed by atoms with Crippen molar-refractivity contribution < 1.29 is 18.3 Å². The molecule has 0 rings (SSSR count). The molecule has 6 heteroatoms. The summed E-state index contributed by atoms with van der Waals surface area (Å²) in [5.41, 5.74) is 5.48. The zero-order chi connectivity index (χ0) is 10.5. The lowest BCUT2D eigenvalue weighted by atomic mass is 10.3. The van der Waals surface area contributed by atoms with Crippen molar-refractivity contribution in [2.75, 3.05) is 11.5 Å². The third kappa shape index (κ3) is 6.17. The molecule has 0 aromatic carbocycles. The molecule has 0 aliphatic rings. The molecule has 3 N–H and O–H groups in total. The predicted molar refractivity (Wildman–Crippen MR) is 47.7 cm³/mol. The molecule has 13 heavy (non-hydrogen) atoms. The molecule has 2 nitrogen and oxygen atoms in total. The van der Waals surface area contributed by atoms with Crippen molar-refractivity contribution in [2.45, 2.75) is 31.7 Å². The quantitative estimate of drug-likeness (QED) is 0.731. The van der Waals surface area contributed by atoms with Crippen LogP contribution in [0.2, 0.25) is 0 Å². The van der Waals surface area contributed by atoms with Gasteiger partial charge in [0.15, 0.2) is 6.10 Å². The maximum atomic E-state index is 11.8. The van der Waals surface area contributed by atoms with E-state index in [1.165, 1.54) is 0 Å². The molecule has 0 radical (unpaired) electrons. The van der Waals surface area contributed by atoms with Crippen LogP contribution in [0.3, 0.4) is 0 Å². The summed E-state index contributed by atoms with van der Waals surface area (Å²) in [7, 11) is 0. The topological polar surface area (TPSA) is 46.2 Å². The molecule has 0 aromatic rings. The number of alkyl halides is 3. The first-order chi connectivity index (χ1) is 5.88. The molecule has 0 saturated heterocycles. The second-order valence-corrected chi connectivity index (χ2v) is 3.84. The second-order valence-electron chi connectivity index (χ2n) is 2.76. The van der Waals surface area contributed by atoms with Crippen LogP contribution in [0.25, 0.3) is 0 Å². The smallest absolute Gasteiger partial charge is 0.383 e. The standard InChI is InChI=1S/C7H14F3NOS/c1-2-5(11)3-13-4-6(12)7(8,9)10/h5-6,12H,2-4,11H2,1H3. The lowest BCUT2D eigenvalue weighted by molar-refractivity contribution is -0.195. The van der Waals surface area contributed by atoms with Gasteiger partial charge in [0.25, 0.3) is 0 Å². The van der Waals surface area contributed by atoms with E-state index in [0.717, 1.165) is 18.2 Å². The van der Waals surface area contributed by atoms with Gasteiger partial charge in [-0.1, -0.05) is 6.92 Å². The van der Waals surface area contributed by atoms with Crippen LogP contribution in [0.15, 0.2) is 0 Å². The Morgan fingerprint density at radius 3 is 2.31 bits per heavy atom. The Morgan fingerprint density at radius 2 is 1.92 bits per heavy atom. The van der Waals surface area contributed by atoms with Gasteiger partial charge in [0.1, 0.15) is 0 Å². The normalized spacial score (nSPS) is 17.1. The fraction of sp³-hybridized carbons (Fsp3) is 1.00. The number of hydrogen-bond donors (Lipinski definition) is 2. The summed E-state index contributed by atoms with van der Waals surface area (Å²) in [6.07, 6.45) is -6.01. The number of aliphatic hydroxyl groups is 1. The van der Waals surface area contributed by atoms with E-state index in [-0.39, 0.29) is 11.8 Å². The van der Waals surface area contributed by atoms with E-state index < -0.39 is 12.3 Å². The van der Waals surface area contributed by atoms with Crippen LogP contribution in [0.1, 0.15) is 13.3 Å². The van der Waals surface area contributed by atoms with Gasteiger partial charge in [0, 0.05) is 17.5 Å². The second kappa shape index (κ2) is 5.72. The Labute approximate surface area is 79.7 Å². The highest BCUT2D eigenvalue weighted by atomic mass is 32.2. The van der Waals surface area contributed by atoms with Gasteiger partial charge >= 0.3 is 6.18 Å². The average molecular weight is 217 g/mol. The minimum absolute atomic E-state index is 0.0922. The maximum absolute atomic E-state index is 11.8. The van der Waals surface area contributed by atoms with E-state index in [1.54, 1.807) is 0 Å². The average Bonchev–Trinajstić information content (AvgIpc) is 2.02. The van der Waals surface area contributed by atoms with E-state index >= 15 is 0 Å². The van der Waals surface area contributed by atoms with Crippen molar-refractivity contribution in [3.05, 3.63) is 0 Å². The van der Waals surface area contributed by atoms with E-state index in [4.69, 9.17) is 10.8 Å². The van der Waals surface area contributed by atoms with E-state index in [1.807, 2.05) is 6.92 Å². The van der Waals surface area contributed by atoms with Gasteiger partial charge < -0.3 is 10.8 Å². The van der Waals surface area contributed by atoms with Crippen LogP contribution in [0, 0.1) is 0 Å². The molecule has 0 fully saturated rings. The van der Waals surface area contributed by atoms with Crippen LogP contribution >= 0.6 is 11.8 Å². The largest absolute Gasteiger partial charge is 0.415 e. The van der Waals surface area contributed by atoms with E-state index in [9.17, 15) is 13.2 Å². The molecule has 80 valence electrons. The molecule has 0 bridgehead atoms. The maximum Gasteiger partial charge on any atom is 0.415 e. The fourth-order valence-electron chi connectivity index (χ4n) is 0.543. The number of rotatable bonds is 5. The Hall–Kier alpha value is 0.0600. The van der Waals surface area contributed by atoms with Gasteiger partial charge in [-0.15, -0.1) is 0 Å². The zero-order valence-electron chi connectivity index (χ0n) is 7.34. The van der Waals surface area contributed by atoms with Crippen molar-refractivity contribution in [2.24, 2.45) is 5.73 Å².